The van der Waals surface area contributed by atoms with Crippen LogP contribution in [0.5, 0.6) is 0 Å². The Hall–Kier alpha value is -2.34. The van der Waals surface area contributed by atoms with Gasteiger partial charge in [0, 0.05) is 19.0 Å². The molecule has 158 valence electrons. The molecule has 0 atom stereocenters. The van der Waals surface area contributed by atoms with Crippen molar-refractivity contribution in [3.63, 3.8) is 0 Å². The van der Waals surface area contributed by atoms with E-state index in [4.69, 9.17) is 26.3 Å². The number of hydrogen-bond acceptors (Lipinski definition) is 6. The summed E-state index contributed by atoms with van der Waals surface area (Å²) in [5.74, 6) is -0.269. The van der Waals surface area contributed by atoms with E-state index in [2.05, 4.69) is 14.9 Å². The van der Waals surface area contributed by atoms with Crippen LogP contribution in [0.15, 0.2) is 24.5 Å². The molecule has 4 rings (SSSR count). The van der Waals surface area contributed by atoms with Gasteiger partial charge in [0.05, 0.1) is 47.8 Å². The Balaban J connectivity index is 1.27. The van der Waals surface area contributed by atoms with Crippen LogP contribution in [0.4, 0.5) is 14.7 Å². The van der Waals surface area contributed by atoms with E-state index in [1.807, 2.05) is 0 Å². The third-order valence-electron chi connectivity index (χ3n) is 5.58. The first-order chi connectivity index (χ1) is 14.5. The fourth-order valence-corrected chi connectivity index (χ4v) is 4.13. The lowest BCUT2D eigenvalue weighted by atomic mass is 9.87. The van der Waals surface area contributed by atoms with E-state index in [-0.39, 0.29) is 17.0 Å². The Morgan fingerprint density at radius 1 is 1.07 bits per heavy atom. The van der Waals surface area contributed by atoms with Crippen molar-refractivity contribution in [1.29, 1.82) is 5.26 Å². The van der Waals surface area contributed by atoms with Crippen molar-refractivity contribution >= 4 is 17.5 Å². The van der Waals surface area contributed by atoms with Crippen LogP contribution in [-0.4, -0.2) is 36.3 Å². The predicted octanol–water partition coefficient (Wildman–Crippen LogP) is 4.25. The molecule has 3 heterocycles. The third-order valence-corrected chi connectivity index (χ3v) is 5.78. The van der Waals surface area contributed by atoms with Gasteiger partial charge in [-0.05, 0) is 37.3 Å². The van der Waals surface area contributed by atoms with Crippen LogP contribution in [0.25, 0.3) is 0 Å². The van der Waals surface area contributed by atoms with Crippen LogP contribution in [0.1, 0.15) is 36.7 Å². The number of rotatable bonds is 4. The summed E-state index contributed by atoms with van der Waals surface area (Å²) in [5, 5.41) is 9.33. The van der Waals surface area contributed by atoms with Crippen molar-refractivity contribution in [2.24, 2.45) is 11.8 Å². The van der Waals surface area contributed by atoms with Crippen molar-refractivity contribution in [3.05, 3.63) is 52.3 Å². The number of hydrogen-bond donors (Lipinski definition) is 0. The molecule has 9 heteroatoms. The van der Waals surface area contributed by atoms with Gasteiger partial charge in [0.15, 0.2) is 6.29 Å². The Kier molecular flexibility index (Phi) is 6.42. The molecular weight excluding hydrogens is 414 g/mol. The van der Waals surface area contributed by atoms with Crippen molar-refractivity contribution in [2.45, 2.75) is 25.6 Å². The molecule has 0 unspecified atom stereocenters. The second kappa shape index (κ2) is 9.21. The maximum Gasteiger partial charge on any atom is 0.225 e. The van der Waals surface area contributed by atoms with Crippen LogP contribution < -0.4 is 4.90 Å². The summed E-state index contributed by atoms with van der Waals surface area (Å²) >= 11 is 5.84. The predicted molar refractivity (Wildman–Crippen MR) is 106 cm³/mol. The van der Waals surface area contributed by atoms with Gasteiger partial charge in [0.25, 0.3) is 0 Å². The van der Waals surface area contributed by atoms with Crippen LogP contribution in [0.3, 0.4) is 0 Å². The summed E-state index contributed by atoms with van der Waals surface area (Å²) in [7, 11) is 0. The molecule has 1 aromatic heterocycles. The minimum Gasteiger partial charge on any atom is -0.348 e. The SMILES string of the molecule is N#Cc1cc(F)c(C2OCC(CC3CCN(c4ncc(Cl)cn4)CC3)CO2)c(F)c1. The first-order valence-electron chi connectivity index (χ1n) is 9.88. The van der Waals surface area contributed by atoms with Crippen molar-refractivity contribution in [2.75, 3.05) is 31.2 Å². The minimum atomic E-state index is -1.09. The van der Waals surface area contributed by atoms with E-state index in [9.17, 15) is 8.78 Å². The number of piperidine rings is 1. The van der Waals surface area contributed by atoms with Gasteiger partial charge in [0.2, 0.25) is 5.95 Å². The normalized spacial score (nSPS) is 22.7. The van der Waals surface area contributed by atoms with E-state index < -0.39 is 17.9 Å². The van der Waals surface area contributed by atoms with Crippen molar-refractivity contribution in [1.82, 2.24) is 9.97 Å². The Labute approximate surface area is 178 Å². The molecular formula is C21H21ClF2N4O2. The van der Waals surface area contributed by atoms with Gasteiger partial charge < -0.3 is 14.4 Å². The highest BCUT2D eigenvalue weighted by atomic mass is 35.5. The molecule has 0 bridgehead atoms. The molecule has 30 heavy (non-hydrogen) atoms. The molecule has 0 saturated carbocycles. The number of halogens is 3. The van der Waals surface area contributed by atoms with Crippen molar-refractivity contribution in [3.8, 4) is 6.07 Å². The maximum atomic E-state index is 14.2. The molecule has 2 aliphatic heterocycles. The smallest absolute Gasteiger partial charge is 0.225 e. The first kappa shape index (κ1) is 20.9. The van der Waals surface area contributed by atoms with E-state index in [1.54, 1.807) is 18.5 Å². The number of anilines is 1. The summed E-state index contributed by atoms with van der Waals surface area (Å²) in [4.78, 5) is 10.7. The van der Waals surface area contributed by atoms with Gasteiger partial charge in [0.1, 0.15) is 11.6 Å². The van der Waals surface area contributed by atoms with Gasteiger partial charge in [-0.25, -0.2) is 18.7 Å². The van der Waals surface area contributed by atoms with Gasteiger partial charge in [-0.15, -0.1) is 0 Å². The van der Waals surface area contributed by atoms with Crippen molar-refractivity contribution < 1.29 is 18.3 Å². The molecule has 0 radical (unpaired) electrons. The van der Waals surface area contributed by atoms with Crippen LogP contribution in [-0.2, 0) is 9.47 Å². The summed E-state index contributed by atoms with van der Waals surface area (Å²) in [6, 6.07) is 3.72. The van der Waals surface area contributed by atoms with Crippen LogP contribution >= 0.6 is 11.6 Å². The Morgan fingerprint density at radius 2 is 1.67 bits per heavy atom. The highest BCUT2D eigenvalue weighted by Crippen LogP contribution is 2.33. The molecule has 2 fully saturated rings. The maximum absolute atomic E-state index is 14.2. The molecule has 2 aliphatic rings. The van der Waals surface area contributed by atoms with E-state index in [0.717, 1.165) is 44.5 Å². The molecule has 0 amide bonds. The standard InChI is InChI=1S/C21H21ClF2N4O2/c22-16-9-26-21(27-10-16)28-3-1-13(2-4-28)5-15-11-29-20(30-12-15)19-17(23)6-14(8-25)7-18(19)24/h6-7,9-10,13,15,20H,1-5,11-12H2. The Morgan fingerprint density at radius 3 is 2.23 bits per heavy atom. The summed E-state index contributed by atoms with van der Waals surface area (Å²) in [5.41, 5.74) is -0.346. The lowest BCUT2D eigenvalue weighted by molar-refractivity contribution is -0.210. The van der Waals surface area contributed by atoms with Crippen LogP contribution in [0, 0.1) is 34.8 Å². The lowest BCUT2D eigenvalue weighted by Gasteiger charge is -2.35. The van der Waals surface area contributed by atoms with Crippen LogP contribution in [0.2, 0.25) is 5.02 Å². The lowest BCUT2D eigenvalue weighted by Crippen LogP contribution is -2.37. The second-order valence-corrected chi connectivity index (χ2v) is 8.13. The first-order valence-corrected chi connectivity index (χ1v) is 10.3. The van der Waals surface area contributed by atoms with E-state index >= 15 is 0 Å². The van der Waals surface area contributed by atoms with Gasteiger partial charge in [-0.1, -0.05) is 11.6 Å². The summed E-state index contributed by atoms with van der Waals surface area (Å²) in [6.45, 7) is 2.49. The van der Waals surface area contributed by atoms with Gasteiger partial charge in [-0.3, -0.25) is 0 Å². The average Bonchev–Trinajstić information content (AvgIpc) is 2.75. The number of ether oxygens (including phenoxy) is 2. The third kappa shape index (κ3) is 4.69. The number of benzene rings is 1. The fraction of sp³-hybridized carbons (Fsp3) is 0.476. The van der Waals surface area contributed by atoms with Gasteiger partial charge in [-0.2, -0.15) is 5.26 Å². The molecule has 2 aromatic rings. The number of nitrogens with zero attached hydrogens (tertiary/aromatic N) is 4. The Bertz CT molecular complexity index is 899. The zero-order chi connectivity index (χ0) is 21.1. The zero-order valence-corrected chi connectivity index (χ0v) is 17.0. The quantitative estimate of drug-likeness (QED) is 0.716. The molecule has 0 N–H and O–H groups in total. The fourth-order valence-electron chi connectivity index (χ4n) is 4.03. The van der Waals surface area contributed by atoms with E-state index in [1.165, 1.54) is 0 Å². The zero-order valence-electron chi connectivity index (χ0n) is 16.2. The molecule has 0 aliphatic carbocycles. The highest BCUT2D eigenvalue weighted by Gasteiger charge is 2.31. The topological polar surface area (TPSA) is 71.3 Å². The molecule has 1 aromatic carbocycles. The largest absolute Gasteiger partial charge is 0.348 e. The molecule has 0 spiro atoms. The monoisotopic (exact) mass is 434 g/mol. The molecule has 2 saturated heterocycles. The number of aromatic nitrogens is 2. The summed E-state index contributed by atoms with van der Waals surface area (Å²) < 4.78 is 39.6. The minimum absolute atomic E-state index is 0.0715. The van der Waals surface area contributed by atoms with Gasteiger partial charge >= 0.3 is 0 Å². The average molecular weight is 435 g/mol. The van der Waals surface area contributed by atoms with E-state index in [0.29, 0.717) is 30.1 Å². The summed E-state index contributed by atoms with van der Waals surface area (Å²) in [6.07, 6.45) is 5.05. The molecule has 6 nitrogen and oxygen atoms in total. The highest BCUT2D eigenvalue weighted by molar-refractivity contribution is 6.30. The number of nitriles is 1. The second-order valence-electron chi connectivity index (χ2n) is 7.70.